The van der Waals surface area contributed by atoms with Crippen molar-refractivity contribution in [2.45, 2.75) is 44.7 Å². The minimum absolute atomic E-state index is 0. The van der Waals surface area contributed by atoms with Crippen molar-refractivity contribution in [1.82, 2.24) is 10.6 Å². The van der Waals surface area contributed by atoms with Gasteiger partial charge in [0.15, 0.2) is 0 Å². The Labute approximate surface area is 199 Å². The van der Waals surface area contributed by atoms with Crippen LogP contribution in [0.4, 0.5) is 5.69 Å². The average molecular weight is 481 g/mol. The number of phenolic OH excluding ortho intramolecular Hbond substituents is 1. The summed E-state index contributed by atoms with van der Waals surface area (Å²) in [4.78, 5) is 36.4. The minimum atomic E-state index is -0.822. The first-order chi connectivity index (χ1) is 14.8. The fourth-order valence-corrected chi connectivity index (χ4v) is 3.03. The van der Waals surface area contributed by atoms with Gasteiger partial charge in [-0.25, -0.2) is 0 Å². The summed E-state index contributed by atoms with van der Waals surface area (Å²) in [5.74, 6) is -0.680. The van der Waals surface area contributed by atoms with Crippen molar-refractivity contribution >= 4 is 35.8 Å². The van der Waals surface area contributed by atoms with Crippen LogP contribution in [0.15, 0.2) is 48.5 Å². The third kappa shape index (κ3) is 9.90. The van der Waals surface area contributed by atoms with E-state index in [4.69, 9.17) is 5.73 Å². The number of hydrogen-bond donors (Lipinski definition) is 5. The van der Waals surface area contributed by atoms with Gasteiger partial charge in [-0.15, -0.1) is 12.4 Å². The van der Waals surface area contributed by atoms with Crippen molar-refractivity contribution in [2.75, 3.05) is 12.4 Å². The van der Waals surface area contributed by atoms with Crippen LogP contribution < -0.4 is 21.7 Å². The van der Waals surface area contributed by atoms with Crippen LogP contribution in [-0.2, 0) is 27.2 Å². The molecule has 182 valence electrons. The molecule has 10 heteroatoms. The maximum absolute atomic E-state index is 12.6. The van der Waals surface area contributed by atoms with E-state index >= 15 is 0 Å². The molecular formula is C23H33ClN4O5. The lowest BCUT2D eigenvalue weighted by atomic mass is 10.0. The van der Waals surface area contributed by atoms with Gasteiger partial charge in [-0.1, -0.05) is 30.3 Å². The van der Waals surface area contributed by atoms with E-state index in [2.05, 4.69) is 16.0 Å². The number of carbonyl (C=O) groups is 3. The molecule has 0 bridgehead atoms. The topological polar surface area (TPSA) is 165 Å². The van der Waals surface area contributed by atoms with Gasteiger partial charge in [0.05, 0.1) is 6.04 Å². The number of phenols is 1. The summed E-state index contributed by atoms with van der Waals surface area (Å²) in [7, 11) is 1.60. The summed E-state index contributed by atoms with van der Waals surface area (Å²) in [5, 5.41) is 17.4. The third-order valence-corrected chi connectivity index (χ3v) is 4.88. The Bertz CT molecular complexity index is 908. The SMILES string of the molecule is CNC(=O)CCCc1ccccc1NC(=O)[C@@H](C)NC(=O)[C@@H](N)Cc1ccc(O)cc1.Cl.O. The van der Waals surface area contributed by atoms with Gasteiger partial charge in [0.2, 0.25) is 17.7 Å². The van der Waals surface area contributed by atoms with Crippen LogP contribution in [0.3, 0.4) is 0 Å². The zero-order chi connectivity index (χ0) is 22.8. The standard InChI is InChI=1S/C23H30N4O4.ClH.H2O/c1-15(26-23(31)19(24)14-16-10-12-18(28)13-11-16)22(30)27-20-8-4-3-6-17(20)7-5-9-21(29)25-2;;/h3-4,6,8,10-13,15,19,28H,5,7,9,14,24H2,1-2H3,(H,25,29)(H,26,31)(H,27,30);1H;1H2/t15-,19+;;/m1../s1. The molecule has 2 atom stereocenters. The number of aromatic hydroxyl groups is 1. The Morgan fingerprint density at radius 2 is 1.67 bits per heavy atom. The van der Waals surface area contributed by atoms with Crippen LogP contribution in [0.2, 0.25) is 0 Å². The molecule has 2 aromatic rings. The van der Waals surface area contributed by atoms with Gasteiger partial charge in [-0.05, 0) is 55.5 Å². The third-order valence-electron chi connectivity index (χ3n) is 4.88. The Balaban J connectivity index is 0.00000512. The normalized spacial score (nSPS) is 11.7. The van der Waals surface area contributed by atoms with Crippen LogP contribution in [-0.4, -0.2) is 47.4 Å². The Hall–Kier alpha value is -3.14. The number of hydrogen-bond acceptors (Lipinski definition) is 5. The summed E-state index contributed by atoms with van der Waals surface area (Å²) in [6, 6.07) is 12.2. The highest BCUT2D eigenvalue weighted by molar-refractivity contribution is 5.98. The van der Waals surface area contributed by atoms with E-state index in [9.17, 15) is 19.5 Å². The highest BCUT2D eigenvalue weighted by Gasteiger charge is 2.21. The maximum atomic E-state index is 12.6. The molecule has 9 nitrogen and oxygen atoms in total. The summed E-state index contributed by atoms with van der Waals surface area (Å²) >= 11 is 0. The first-order valence-electron chi connectivity index (χ1n) is 10.2. The van der Waals surface area contributed by atoms with Gasteiger partial charge >= 0.3 is 0 Å². The van der Waals surface area contributed by atoms with Crippen LogP contribution in [0.5, 0.6) is 5.75 Å². The van der Waals surface area contributed by atoms with Crippen molar-refractivity contribution in [2.24, 2.45) is 5.73 Å². The number of anilines is 1. The zero-order valence-electron chi connectivity index (χ0n) is 18.8. The number of nitrogens with one attached hydrogen (secondary N) is 3. The fraction of sp³-hybridized carbons (Fsp3) is 0.348. The van der Waals surface area contributed by atoms with Gasteiger partial charge in [-0.3, -0.25) is 14.4 Å². The second kappa shape index (κ2) is 14.8. The number of benzene rings is 2. The monoisotopic (exact) mass is 480 g/mol. The molecule has 33 heavy (non-hydrogen) atoms. The molecule has 0 radical (unpaired) electrons. The second-order valence-electron chi connectivity index (χ2n) is 7.38. The van der Waals surface area contributed by atoms with Gasteiger partial charge in [0, 0.05) is 19.2 Å². The maximum Gasteiger partial charge on any atom is 0.246 e. The molecule has 0 unspecified atom stereocenters. The molecule has 0 saturated carbocycles. The van der Waals surface area contributed by atoms with Crippen molar-refractivity contribution < 1.29 is 25.0 Å². The molecular weight excluding hydrogens is 448 g/mol. The van der Waals surface area contributed by atoms with E-state index in [-0.39, 0.29) is 41.9 Å². The smallest absolute Gasteiger partial charge is 0.246 e. The van der Waals surface area contributed by atoms with E-state index in [1.807, 2.05) is 18.2 Å². The highest BCUT2D eigenvalue weighted by Crippen LogP contribution is 2.18. The number of halogens is 1. The lowest BCUT2D eigenvalue weighted by molar-refractivity contribution is -0.127. The number of amides is 3. The van der Waals surface area contributed by atoms with Crippen LogP contribution in [0.1, 0.15) is 30.9 Å². The number of carbonyl (C=O) groups excluding carboxylic acids is 3. The second-order valence-corrected chi connectivity index (χ2v) is 7.38. The summed E-state index contributed by atoms with van der Waals surface area (Å²) < 4.78 is 0. The van der Waals surface area contributed by atoms with Gasteiger partial charge in [0.1, 0.15) is 11.8 Å². The fourth-order valence-electron chi connectivity index (χ4n) is 3.03. The predicted octanol–water partition coefficient (Wildman–Crippen LogP) is 1.07. The quantitative estimate of drug-likeness (QED) is 0.342. The molecule has 0 heterocycles. The lowest BCUT2D eigenvalue weighted by Gasteiger charge is -2.18. The van der Waals surface area contributed by atoms with Crippen LogP contribution >= 0.6 is 12.4 Å². The Morgan fingerprint density at radius 1 is 1.03 bits per heavy atom. The van der Waals surface area contributed by atoms with Crippen LogP contribution in [0, 0.1) is 0 Å². The zero-order valence-corrected chi connectivity index (χ0v) is 19.6. The molecule has 2 rings (SSSR count). The molecule has 2 aromatic carbocycles. The lowest BCUT2D eigenvalue weighted by Crippen LogP contribution is -2.49. The van der Waals surface area contributed by atoms with Crippen molar-refractivity contribution in [1.29, 1.82) is 0 Å². The van der Waals surface area contributed by atoms with Crippen LogP contribution in [0.25, 0.3) is 0 Å². The average Bonchev–Trinajstić information content (AvgIpc) is 2.76. The summed E-state index contributed by atoms with van der Waals surface area (Å²) in [5.41, 5.74) is 8.34. The molecule has 0 fully saturated rings. The van der Waals surface area contributed by atoms with Crippen molar-refractivity contribution in [3.8, 4) is 5.75 Å². The molecule has 0 aliphatic heterocycles. The minimum Gasteiger partial charge on any atom is -0.508 e. The van der Waals surface area contributed by atoms with Gasteiger partial charge in [-0.2, -0.15) is 0 Å². The largest absolute Gasteiger partial charge is 0.508 e. The Morgan fingerprint density at radius 3 is 2.30 bits per heavy atom. The number of nitrogens with two attached hydrogens (primary N) is 1. The molecule has 8 N–H and O–H groups in total. The first kappa shape index (κ1) is 29.9. The van der Waals surface area contributed by atoms with E-state index in [0.29, 0.717) is 24.9 Å². The van der Waals surface area contributed by atoms with E-state index in [0.717, 1.165) is 11.1 Å². The van der Waals surface area contributed by atoms with E-state index in [1.165, 1.54) is 12.1 Å². The van der Waals surface area contributed by atoms with E-state index in [1.54, 1.807) is 32.2 Å². The van der Waals surface area contributed by atoms with E-state index < -0.39 is 18.0 Å². The molecule has 0 aliphatic carbocycles. The molecule has 0 saturated heterocycles. The Kier molecular flexibility index (Phi) is 13.4. The first-order valence-corrected chi connectivity index (χ1v) is 10.2. The predicted molar refractivity (Wildman–Crippen MR) is 130 cm³/mol. The molecule has 0 aromatic heterocycles. The molecule has 0 spiro atoms. The number of para-hydroxylation sites is 1. The molecule has 0 aliphatic rings. The number of aryl methyl sites for hydroxylation is 1. The van der Waals surface area contributed by atoms with Gasteiger partial charge < -0.3 is 32.3 Å². The number of rotatable bonds is 10. The summed E-state index contributed by atoms with van der Waals surface area (Å²) in [6.07, 6.45) is 1.99. The van der Waals surface area contributed by atoms with Crippen molar-refractivity contribution in [3.05, 3.63) is 59.7 Å². The van der Waals surface area contributed by atoms with Gasteiger partial charge in [0.25, 0.3) is 0 Å². The highest BCUT2D eigenvalue weighted by atomic mass is 35.5. The molecule has 3 amide bonds. The summed E-state index contributed by atoms with van der Waals surface area (Å²) in [6.45, 7) is 1.59. The van der Waals surface area contributed by atoms with Crippen molar-refractivity contribution in [3.63, 3.8) is 0 Å².